The molecule has 116 valence electrons. The molecule has 0 radical (unpaired) electrons. The van der Waals surface area contributed by atoms with Gasteiger partial charge in [-0.3, -0.25) is 4.79 Å². The van der Waals surface area contributed by atoms with Crippen LogP contribution in [0.1, 0.15) is 24.8 Å². The first-order valence-corrected chi connectivity index (χ1v) is 7.40. The van der Waals surface area contributed by atoms with Gasteiger partial charge < -0.3 is 20.1 Å². The zero-order valence-electron chi connectivity index (χ0n) is 12.8. The fourth-order valence-corrected chi connectivity index (χ4v) is 2.43. The first-order chi connectivity index (χ1) is 10.2. The summed E-state index contributed by atoms with van der Waals surface area (Å²) < 4.78 is 10.5. The van der Waals surface area contributed by atoms with Crippen LogP contribution >= 0.6 is 0 Å². The summed E-state index contributed by atoms with van der Waals surface area (Å²) in [5.41, 5.74) is 6.49. The van der Waals surface area contributed by atoms with Crippen molar-refractivity contribution in [1.82, 2.24) is 4.90 Å². The summed E-state index contributed by atoms with van der Waals surface area (Å²) in [5.74, 6) is 1.50. The van der Waals surface area contributed by atoms with E-state index in [4.69, 9.17) is 15.2 Å². The van der Waals surface area contributed by atoms with Gasteiger partial charge in [0.25, 0.3) is 0 Å². The number of amides is 1. The van der Waals surface area contributed by atoms with Crippen LogP contribution in [0.25, 0.3) is 0 Å². The second-order valence-corrected chi connectivity index (χ2v) is 5.33. The van der Waals surface area contributed by atoms with Gasteiger partial charge in [-0.25, -0.2) is 0 Å². The van der Waals surface area contributed by atoms with Crippen molar-refractivity contribution in [3.05, 3.63) is 23.8 Å². The van der Waals surface area contributed by atoms with Gasteiger partial charge in [0.05, 0.1) is 20.6 Å². The molecule has 1 amide bonds. The first-order valence-electron chi connectivity index (χ1n) is 7.40. The Labute approximate surface area is 126 Å². The molecule has 1 saturated carbocycles. The lowest BCUT2D eigenvalue weighted by molar-refractivity contribution is -0.131. The monoisotopic (exact) mass is 292 g/mol. The molecular weight excluding hydrogens is 268 g/mol. The fraction of sp³-hybridized carbons (Fsp3) is 0.562. The highest BCUT2D eigenvalue weighted by atomic mass is 16.5. The number of methoxy groups -OCH3 is 2. The van der Waals surface area contributed by atoms with E-state index >= 15 is 0 Å². The van der Waals surface area contributed by atoms with Crippen LogP contribution in [0, 0.1) is 0 Å². The number of nitrogens with zero attached hydrogens (tertiary/aromatic N) is 1. The lowest BCUT2D eigenvalue weighted by Crippen LogP contribution is -2.36. The van der Waals surface area contributed by atoms with Crippen molar-refractivity contribution in [2.45, 2.75) is 31.7 Å². The van der Waals surface area contributed by atoms with Crippen molar-refractivity contribution in [3.8, 4) is 11.5 Å². The van der Waals surface area contributed by atoms with Crippen molar-refractivity contribution in [2.75, 3.05) is 27.3 Å². The number of carbonyl (C=O) groups excluding carboxylic acids is 1. The molecule has 0 heterocycles. The number of hydrogen-bond acceptors (Lipinski definition) is 4. The molecule has 2 rings (SSSR count). The largest absolute Gasteiger partial charge is 0.493 e. The van der Waals surface area contributed by atoms with Crippen LogP contribution in [0.3, 0.4) is 0 Å². The van der Waals surface area contributed by atoms with Gasteiger partial charge in [0.2, 0.25) is 5.91 Å². The van der Waals surface area contributed by atoms with E-state index in [1.807, 2.05) is 23.1 Å². The molecule has 0 aromatic heterocycles. The fourth-order valence-electron chi connectivity index (χ4n) is 2.43. The number of rotatable bonds is 8. The molecule has 5 nitrogen and oxygen atoms in total. The molecule has 0 bridgehead atoms. The molecule has 1 aromatic carbocycles. The summed E-state index contributed by atoms with van der Waals surface area (Å²) in [6, 6.07) is 6.03. The number of nitrogens with two attached hydrogens (primary N) is 1. The Balaban J connectivity index is 2.03. The average Bonchev–Trinajstić information content (AvgIpc) is 3.32. The van der Waals surface area contributed by atoms with Gasteiger partial charge in [0, 0.05) is 12.6 Å². The Morgan fingerprint density at radius 3 is 2.57 bits per heavy atom. The first kappa shape index (κ1) is 15.6. The summed E-state index contributed by atoms with van der Waals surface area (Å²) in [6.07, 6.45) is 3.47. The van der Waals surface area contributed by atoms with Gasteiger partial charge in [0.15, 0.2) is 11.5 Å². The van der Waals surface area contributed by atoms with Crippen LogP contribution < -0.4 is 15.2 Å². The van der Waals surface area contributed by atoms with E-state index in [2.05, 4.69) is 0 Å². The van der Waals surface area contributed by atoms with E-state index in [1.165, 1.54) is 0 Å². The molecule has 0 spiro atoms. The second kappa shape index (κ2) is 7.31. The molecule has 1 aliphatic carbocycles. The van der Waals surface area contributed by atoms with Crippen LogP contribution in [0.2, 0.25) is 0 Å². The molecule has 0 atom stereocenters. The summed E-state index contributed by atoms with van der Waals surface area (Å²) >= 11 is 0. The Morgan fingerprint density at radius 2 is 2.00 bits per heavy atom. The molecule has 0 saturated heterocycles. The number of hydrogen-bond donors (Lipinski definition) is 1. The van der Waals surface area contributed by atoms with E-state index < -0.39 is 0 Å². The van der Waals surface area contributed by atoms with Crippen LogP contribution in [0.15, 0.2) is 18.2 Å². The second-order valence-electron chi connectivity index (χ2n) is 5.33. The Kier molecular flexibility index (Phi) is 5.44. The zero-order chi connectivity index (χ0) is 15.2. The van der Waals surface area contributed by atoms with E-state index in [1.54, 1.807) is 14.2 Å². The Bertz CT molecular complexity index is 486. The molecule has 0 aliphatic heterocycles. The predicted molar refractivity (Wildman–Crippen MR) is 81.7 cm³/mol. The zero-order valence-corrected chi connectivity index (χ0v) is 12.8. The normalized spacial score (nSPS) is 13.9. The average molecular weight is 292 g/mol. The van der Waals surface area contributed by atoms with Gasteiger partial charge in [-0.15, -0.1) is 0 Å². The Hall–Kier alpha value is -1.75. The van der Waals surface area contributed by atoms with Crippen LogP contribution in [0.5, 0.6) is 11.5 Å². The van der Waals surface area contributed by atoms with Crippen molar-refractivity contribution in [1.29, 1.82) is 0 Å². The van der Waals surface area contributed by atoms with E-state index in [-0.39, 0.29) is 5.91 Å². The minimum Gasteiger partial charge on any atom is -0.493 e. The van der Waals surface area contributed by atoms with Crippen molar-refractivity contribution < 1.29 is 14.3 Å². The Morgan fingerprint density at radius 1 is 1.29 bits per heavy atom. The van der Waals surface area contributed by atoms with Gasteiger partial charge in [0.1, 0.15) is 0 Å². The highest BCUT2D eigenvalue weighted by Crippen LogP contribution is 2.30. The maximum Gasteiger partial charge on any atom is 0.227 e. The van der Waals surface area contributed by atoms with E-state index in [0.29, 0.717) is 30.5 Å². The van der Waals surface area contributed by atoms with Gasteiger partial charge in [-0.1, -0.05) is 6.07 Å². The highest BCUT2D eigenvalue weighted by Gasteiger charge is 2.31. The van der Waals surface area contributed by atoms with Crippen molar-refractivity contribution in [3.63, 3.8) is 0 Å². The summed E-state index contributed by atoms with van der Waals surface area (Å²) in [7, 11) is 3.20. The van der Waals surface area contributed by atoms with Crippen LogP contribution in [-0.4, -0.2) is 44.2 Å². The van der Waals surface area contributed by atoms with E-state index in [0.717, 1.165) is 31.4 Å². The molecule has 21 heavy (non-hydrogen) atoms. The number of ether oxygens (including phenoxy) is 2. The van der Waals surface area contributed by atoms with Crippen molar-refractivity contribution >= 4 is 5.91 Å². The standard InChI is InChI=1S/C16H24N2O3/c1-20-14-7-4-12(10-15(14)21-2)11-16(19)18(9-3-8-17)13-5-6-13/h4,7,10,13H,3,5-6,8-9,11,17H2,1-2H3. The number of carbonyl (C=O) groups is 1. The lowest BCUT2D eigenvalue weighted by Gasteiger charge is -2.22. The lowest BCUT2D eigenvalue weighted by atomic mass is 10.1. The molecule has 0 unspecified atom stereocenters. The third-order valence-electron chi connectivity index (χ3n) is 3.71. The summed E-state index contributed by atoms with van der Waals surface area (Å²) in [6.45, 7) is 1.38. The van der Waals surface area contributed by atoms with Gasteiger partial charge >= 0.3 is 0 Å². The summed E-state index contributed by atoms with van der Waals surface area (Å²) in [5, 5.41) is 0. The van der Waals surface area contributed by atoms with Gasteiger partial charge in [-0.2, -0.15) is 0 Å². The van der Waals surface area contributed by atoms with E-state index in [9.17, 15) is 4.79 Å². The maximum atomic E-state index is 12.5. The highest BCUT2D eigenvalue weighted by molar-refractivity contribution is 5.79. The number of benzene rings is 1. The van der Waals surface area contributed by atoms with Crippen LogP contribution in [-0.2, 0) is 11.2 Å². The minimum atomic E-state index is 0.165. The topological polar surface area (TPSA) is 64.8 Å². The molecule has 1 aromatic rings. The maximum absolute atomic E-state index is 12.5. The SMILES string of the molecule is COc1ccc(CC(=O)N(CCCN)C2CC2)cc1OC. The molecular formula is C16H24N2O3. The predicted octanol–water partition coefficient (Wildman–Crippen LogP) is 1.59. The molecule has 2 N–H and O–H groups in total. The third-order valence-corrected chi connectivity index (χ3v) is 3.71. The van der Waals surface area contributed by atoms with Crippen molar-refractivity contribution in [2.24, 2.45) is 5.73 Å². The molecule has 5 heteroatoms. The third kappa shape index (κ3) is 4.11. The smallest absolute Gasteiger partial charge is 0.227 e. The minimum absolute atomic E-state index is 0.165. The van der Waals surface area contributed by atoms with Gasteiger partial charge in [-0.05, 0) is 43.5 Å². The molecule has 1 fully saturated rings. The summed E-state index contributed by atoms with van der Waals surface area (Å²) in [4.78, 5) is 14.4. The quantitative estimate of drug-likeness (QED) is 0.790. The van der Waals surface area contributed by atoms with Crippen LogP contribution in [0.4, 0.5) is 0 Å². The molecule has 1 aliphatic rings.